The summed E-state index contributed by atoms with van der Waals surface area (Å²) in [5.41, 5.74) is 0.805. The molecule has 1 aromatic carbocycles. The minimum atomic E-state index is -0.998. The minimum Gasteiger partial charge on any atom is -0.459 e. The molecule has 3 unspecified atom stereocenters. The van der Waals surface area contributed by atoms with Gasteiger partial charge in [-0.3, -0.25) is 10.1 Å². The van der Waals surface area contributed by atoms with Gasteiger partial charge in [0, 0.05) is 26.2 Å². The largest absolute Gasteiger partial charge is 0.459 e. The predicted molar refractivity (Wildman–Crippen MR) is 137 cm³/mol. The Labute approximate surface area is 223 Å². The Morgan fingerprint density at radius 2 is 1.63 bits per heavy atom. The van der Waals surface area contributed by atoms with Crippen LogP contribution in [0.3, 0.4) is 0 Å². The van der Waals surface area contributed by atoms with Gasteiger partial charge in [-0.25, -0.2) is 24.2 Å². The van der Waals surface area contributed by atoms with Crippen molar-refractivity contribution in [1.29, 1.82) is 0 Å². The van der Waals surface area contributed by atoms with E-state index in [2.05, 4.69) is 4.89 Å². The van der Waals surface area contributed by atoms with E-state index < -0.39 is 36.0 Å². The number of β-lactam (4-membered cyclic amide) rings is 1. The highest BCUT2D eigenvalue weighted by Crippen LogP contribution is 2.34. The number of likely N-dealkylation sites (tertiary alicyclic amines) is 1. The third-order valence-electron chi connectivity index (χ3n) is 7.17. The van der Waals surface area contributed by atoms with Crippen molar-refractivity contribution in [2.45, 2.75) is 65.2 Å². The molecule has 210 valence electrons. The van der Waals surface area contributed by atoms with Gasteiger partial charge in [0.15, 0.2) is 6.04 Å². The topological polar surface area (TPSA) is 126 Å². The first kappa shape index (κ1) is 29.4. The van der Waals surface area contributed by atoms with Crippen LogP contribution < -0.4 is 0 Å². The molecule has 11 heteroatoms. The number of urea groups is 1. The molecule has 0 bridgehead atoms. The highest BCUT2D eigenvalue weighted by molar-refractivity contribution is 6.07. The lowest BCUT2D eigenvalue weighted by Gasteiger charge is -2.46. The fourth-order valence-electron chi connectivity index (χ4n) is 4.44. The van der Waals surface area contributed by atoms with E-state index in [1.165, 1.54) is 4.90 Å². The van der Waals surface area contributed by atoms with Gasteiger partial charge in [0.25, 0.3) is 0 Å². The third-order valence-corrected chi connectivity index (χ3v) is 7.17. The van der Waals surface area contributed by atoms with Crippen molar-refractivity contribution in [3.05, 3.63) is 35.9 Å². The molecular formula is C27H39N3O8. The van der Waals surface area contributed by atoms with E-state index >= 15 is 0 Å². The van der Waals surface area contributed by atoms with Gasteiger partial charge < -0.3 is 19.3 Å². The maximum atomic E-state index is 13.3. The number of hydrogen-bond donors (Lipinski definition) is 1. The van der Waals surface area contributed by atoms with Gasteiger partial charge in [0.2, 0.25) is 5.91 Å². The van der Waals surface area contributed by atoms with Crippen LogP contribution in [0.4, 0.5) is 9.59 Å². The van der Waals surface area contributed by atoms with E-state index in [-0.39, 0.29) is 51.4 Å². The lowest BCUT2D eigenvalue weighted by Crippen LogP contribution is -2.69. The zero-order valence-corrected chi connectivity index (χ0v) is 22.4. The molecule has 1 aromatic rings. The number of esters is 1. The standard InChI is InChI=1S/C27H39N3O8/c1-19(2)20(3)38-27(34)29-15-13-28(14-16-29)26(33)30-23(22(24(30)31)12-8-5-9-17-37-35)25(32)36-18-21-10-6-4-7-11-21/h4,6-7,10-11,19-20,22-23,35H,5,8-9,12-18H2,1-3H3. The molecule has 4 amide bonds. The maximum absolute atomic E-state index is 13.3. The van der Waals surface area contributed by atoms with Crippen LogP contribution >= 0.6 is 0 Å². The van der Waals surface area contributed by atoms with Crippen molar-refractivity contribution in [2.75, 3.05) is 32.8 Å². The first-order chi connectivity index (χ1) is 18.2. The van der Waals surface area contributed by atoms with Crippen LogP contribution in [0.5, 0.6) is 0 Å². The van der Waals surface area contributed by atoms with E-state index in [1.54, 1.807) is 4.90 Å². The molecule has 3 atom stereocenters. The summed E-state index contributed by atoms with van der Waals surface area (Å²) < 4.78 is 11.0. The highest BCUT2D eigenvalue weighted by Gasteiger charge is 2.56. The van der Waals surface area contributed by atoms with Gasteiger partial charge in [0.1, 0.15) is 12.7 Å². The molecule has 1 N–H and O–H groups in total. The molecule has 2 saturated heterocycles. The average Bonchev–Trinajstić information content (AvgIpc) is 2.92. The van der Waals surface area contributed by atoms with Crippen LogP contribution in [0.1, 0.15) is 52.0 Å². The van der Waals surface area contributed by atoms with Gasteiger partial charge in [0.05, 0.1) is 12.5 Å². The zero-order chi connectivity index (χ0) is 27.7. The Morgan fingerprint density at radius 1 is 0.974 bits per heavy atom. The average molecular weight is 534 g/mol. The van der Waals surface area contributed by atoms with Crippen molar-refractivity contribution < 1.29 is 38.8 Å². The number of ether oxygens (including phenoxy) is 2. The molecule has 0 radical (unpaired) electrons. The Balaban J connectivity index is 1.60. The zero-order valence-electron chi connectivity index (χ0n) is 22.4. The first-order valence-electron chi connectivity index (χ1n) is 13.3. The van der Waals surface area contributed by atoms with Gasteiger partial charge in [-0.2, -0.15) is 0 Å². The number of carbonyl (C=O) groups is 4. The summed E-state index contributed by atoms with van der Waals surface area (Å²) in [6, 6.07) is 7.64. The number of unbranched alkanes of at least 4 members (excludes halogenated alkanes) is 2. The number of imide groups is 1. The first-order valence-corrected chi connectivity index (χ1v) is 13.3. The van der Waals surface area contributed by atoms with Crippen LogP contribution in [0.25, 0.3) is 0 Å². The molecule has 11 nitrogen and oxygen atoms in total. The number of amides is 4. The van der Waals surface area contributed by atoms with Crippen LogP contribution in [0.2, 0.25) is 0 Å². The van der Waals surface area contributed by atoms with Crippen molar-refractivity contribution in [3.63, 3.8) is 0 Å². The van der Waals surface area contributed by atoms with Crippen LogP contribution in [-0.4, -0.2) is 88.9 Å². The maximum Gasteiger partial charge on any atom is 0.410 e. The highest BCUT2D eigenvalue weighted by atomic mass is 17.1. The van der Waals surface area contributed by atoms with E-state index in [4.69, 9.17) is 14.7 Å². The van der Waals surface area contributed by atoms with Crippen molar-refractivity contribution in [1.82, 2.24) is 14.7 Å². The molecule has 38 heavy (non-hydrogen) atoms. The normalized spacial score (nSPS) is 20.2. The van der Waals surface area contributed by atoms with E-state index in [0.717, 1.165) is 10.5 Å². The van der Waals surface area contributed by atoms with Crippen LogP contribution in [0.15, 0.2) is 30.3 Å². The number of hydrogen-bond acceptors (Lipinski definition) is 8. The lowest BCUT2D eigenvalue weighted by molar-refractivity contribution is -0.242. The van der Waals surface area contributed by atoms with Gasteiger partial charge in [-0.15, -0.1) is 0 Å². The fraction of sp³-hybridized carbons (Fsp3) is 0.630. The van der Waals surface area contributed by atoms with E-state index in [9.17, 15) is 19.2 Å². The second-order valence-corrected chi connectivity index (χ2v) is 10.1. The third kappa shape index (κ3) is 7.44. The summed E-state index contributed by atoms with van der Waals surface area (Å²) in [6.45, 7) is 7.02. The Morgan fingerprint density at radius 3 is 2.26 bits per heavy atom. The summed E-state index contributed by atoms with van der Waals surface area (Å²) in [5.74, 6) is -1.47. The predicted octanol–water partition coefficient (Wildman–Crippen LogP) is 3.53. The Bertz CT molecular complexity index is 949. The number of piperazine rings is 1. The quantitative estimate of drug-likeness (QED) is 0.151. The van der Waals surface area contributed by atoms with Gasteiger partial charge >= 0.3 is 18.1 Å². The second-order valence-electron chi connectivity index (χ2n) is 10.1. The molecule has 2 heterocycles. The molecule has 2 aliphatic rings. The van der Waals surface area contributed by atoms with Crippen molar-refractivity contribution in [2.24, 2.45) is 11.8 Å². The summed E-state index contributed by atoms with van der Waals surface area (Å²) >= 11 is 0. The SMILES string of the molecule is CC(C)C(C)OC(=O)N1CCN(C(=O)N2C(=O)C(CCCCCOO)C2C(=O)OCc2ccccc2)CC1. The Kier molecular flexibility index (Phi) is 10.9. The van der Waals surface area contributed by atoms with Gasteiger partial charge in [-0.05, 0) is 31.2 Å². The number of rotatable bonds is 11. The summed E-state index contributed by atoms with van der Waals surface area (Å²) in [5, 5.41) is 8.48. The van der Waals surface area contributed by atoms with Gasteiger partial charge in [-0.1, -0.05) is 57.0 Å². The van der Waals surface area contributed by atoms with Crippen molar-refractivity contribution in [3.8, 4) is 0 Å². The monoisotopic (exact) mass is 533 g/mol. The molecule has 0 saturated carbocycles. The number of carbonyl (C=O) groups excluding carboxylic acids is 4. The number of benzene rings is 1. The fourth-order valence-corrected chi connectivity index (χ4v) is 4.44. The molecule has 0 spiro atoms. The molecular weight excluding hydrogens is 494 g/mol. The second kappa shape index (κ2) is 14.1. The molecule has 3 rings (SSSR count). The van der Waals surface area contributed by atoms with E-state index in [1.807, 2.05) is 51.1 Å². The summed E-state index contributed by atoms with van der Waals surface area (Å²) in [7, 11) is 0. The van der Waals surface area contributed by atoms with Crippen LogP contribution in [-0.2, 0) is 30.6 Å². The van der Waals surface area contributed by atoms with Crippen molar-refractivity contribution >= 4 is 24.0 Å². The summed E-state index contributed by atoms with van der Waals surface area (Å²) in [6.07, 6.45) is 1.74. The molecule has 0 aliphatic carbocycles. The van der Waals surface area contributed by atoms with E-state index in [0.29, 0.717) is 25.7 Å². The molecule has 2 aliphatic heterocycles. The van der Waals surface area contributed by atoms with Crippen LogP contribution in [0, 0.1) is 11.8 Å². The number of nitrogens with zero attached hydrogens (tertiary/aromatic N) is 3. The Hall–Kier alpha value is -3.18. The smallest absolute Gasteiger partial charge is 0.410 e. The summed E-state index contributed by atoms with van der Waals surface area (Å²) in [4.78, 5) is 60.0. The minimum absolute atomic E-state index is 0.0442. The molecule has 2 fully saturated rings. The lowest BCUT2D eigenvalue weighted by atomic mass is 9.83. The molecule has 0 aromatic heterocycles.